The van der Waals surface area contributed by atoms with Crippen LogP contribution in [0.2, 0.25) is 5.02 Å². The Bertz CT molecular complexity index is 1170. The topological polar surface area (TPSA) is 59.1 Å². The van der Waals surface area contributed by atoms with Crippen molar-refractivity contribution in [1.29, 1.82) is 0 Å². The average molecular weight is 511 g/mol. The first kappa shape index (κ1) is 25.7. The SMILES string of the molecule is CN(Cc1ccccc1)C(=O)C[C@]1(COc2ccc(F)cc2)CN(C(=O)c2ccc(Cl)cc2)CCO1. The highest BCUT2D eigenvalue weighted by Crippen LogP contribution is 2.27. The van der Waals surface area contributed by atoms with Gasteiger partial charge >= 0.3 is 0 Å². The Hall–Kier alpha value is -3.42. The van der Waals surface area contributed by atoms with E-state index in [9.17, 15) is 14.0 Å². The van der Waals surface area contributed by atoms with Crippen molar-refractivity contribution in [3.8, 4) is 5.75 Å². The summed E-state index contributed by atoms with van der Waals surface area (Å²) in [5.74, 6) is -0.234. The normalized spacial score (nSPS) is 17.5. The average Bonchev–Trinajstić information content (AvgIpc) is 2.89. The lowest BCUT2D eigenvalue weighted by molar-refractivity contribution is -0.152. The van der Waals surface area contributed by atoms with E-state index in [2.05, 4.69) is 0 Å². The summed E-state index contributed by atoms with van der Waals surface area (Å²) in [6.45, 7) is 1.27. The van der Waals surface area contributed by atoms with E-state index in [1.165, 1.54) is 24.3 Å². The molecule has 36 heavy (non-hydrogen) atoms. The minimum Gasteiger partial charge on any atom is -0.490 e. The number of benzene rings is 3. The van der Waals surface area contributed by atoms with Crippen LogP contribution >= 0.6 is 11.6 Å². The molecule has 2 amide bonds. The summed E-state index contributed by atoms with van der Waals surface area (Å²) in [5.41, 5.74) is 0.438. The molecule has 1 aliphatic rings. The first-order valence-corrected chi connectivity index (χ1v) is 12.1. The third-order valence-electron chi connectivity index (χ3n) is 6.10. The van der Waals surface area contributed by atoms with E-state index in [4.69, 9.17) is 21.1 Å². The van der Waals surface area contributed by atoms with E-state index in [1.807, 2.05) is 30.3 Å². The Morgan fingerprint density at radius 1 is 1.06 bits per heavy atom. The number of rotatable bonds is 8. The fourth-order valence-electron chi connectivity index (χ4n) is 4.14. The molecule has 1 fully saturated rings. The van der Waals surface area contributed by atoms with Gasteiger partial charge < -0.3 is 19.3 Å². The zero-order chi connectivity index (χ0) is 25.5. The molecule has 3 aromatic carbocycles. The summed E-state index contributed by atoms with van der Waals surface area (Å²) < 4.78 is 25.4. The van der Waals surface area contributed by atoms with E-state index >= 15 is 0 Å². The van der Waals surface area contributed by atoms with Gasteiger partial charge in [-0.1, -0.05) is 41.9 Å². The lowest BCUT2D eigenvalue weighted by Crippen LogP contribution is -2.58. The van der Waals surface area contributed by atoms with Gasteiger partial charge in [0.05, 0.1) is 19.6 Å². The molecule has 8 heteroatoms. The molecular formula is C28H28ClFN2O4. The molecule has 4 rings (SSSR count). The molecule has 1 heterocycles. The van der Waals surface area contributed by atoms with Gasteiger partial charge in [0.2, 0.25) is 5.91 Å². The van der Waals surface area contributed by atoms with Crippen LogP contribution in [0.4, 0.5) is 4.39 Å². The number of carbonyl (C=O) groups is 2. The van der Waals surface area contributed by atoms with Crippen molar-refractivity contribution in [1.82, 2.24) is 9.80 Å². The first-order chi connectivity index (χ1) is 17.3. The van der Waals surface area contributed by atoms with Crippen LogP contribution in [0.25, 0.3) is 0 Å². The lowest BCUT2D eigenvalue weighted by Gasteiger charge is -2.42. The zero-order valence-electron chi connectivity index (χ0n) is 20.0. The molecule has 0 bridgehead atoms. The summed E-state index contributed by atoms with van der Waals surface area (Å²) in [4.78, 5) is 29.8. The number of hydrogen-bond acceptors (Lipinski definition) is 4. The van der Waals surface area contributed by atoms with E-state index < -0.39 is 5.60 Å². The first-order valence-electron chi connectivity index (χ1n) is 11.7. The lowest BCUT2D eigenvalue weighted by atomic mass is 9.96. The number of halogens is 2. The molecule has 1 aliphatic heterocycles. The molecular weight excluding hydrogens is 483 g/mol. The number of hydrogen-bond donors (Lipinski definition) is 0. The number of ether oxygens (including phenoxy) is 2. The van der Waals surface area contributed by atoms with Gasteiger partial charge in [-0.25, -0.2) is 4.39 Å². The number of nitrogens with zero attached hydrogens (tertiary/aromatic N) is 2. The van der Waals surface area contributed by atoms with Crippen molar-refractivity contribution >= 4 is 23.4 Å². The molecule has 0 unspecified atom stereocenters. The minimum atomic E-state index is -1.07. The van der Waals surface area contributed by atoms with Crippen molar-refractivity contribution in [2.75, 3.05) is 33.4 Å². The molecule has 0 aromatic heterocycles. The van der Waals surface area contributed by atoms with Gasteiger partial charge in [0.15, 0.2) is 0 Å². The maximum absolute atomic E-state index is 13.3. The fraction of sp³-hybridized carbons (Fsp3) is 0.286. The number of carbonyl (C=O) groups excluding carboxylic acids is 2. The smallest absolute Gasteiger partial charge is 0.254 e. The van der Waals surface area contributed by atoms with Crippen LogP contribution in [0.5, 0.6) is 5.75 Å². The van der Waals surface area contributed by atoms with Crippen molar-refractivity contribution in [2.24, 2.45) is 0 Å². The van der Waals surface area contributed by atoms with Crippen molar-refractivity contribution < 1.29 is 23.5 Å². The van der Waals surface area contributed by atoms with Crippen LogP contribution in [-0.2, 0) is 16.1 Å². The third-order valence-corrected chi connectivity index (χ3v) is 6.36. The number of morpholine rings is 1. The standard InChI is InChI=1S/C28H28ClFN2O4/c1-31(18-21-5-3-2-4-6-21)26(33)17-28(20-35-25-13-11-24(30)12-14-25)19-32(15-16-36-28)27(34)22-7-9-23(29)10-8-22/h2-14H,15-20H2,1H3/t28-/m1/s1. The molecule has 0 aliphatic carbocycles. The Balaban J connectivity index is 1.52. The minimum absolute atomic E-state index is 0.0158. The van der Waals surface area contributed by atoms with Crippen LogP contribution in [0.3, 0.4) is 0 Å². The van der Waals surface area contributed by atoms with Crippen LogP contribution in [0, 0.1) is 5.82 Å². The van der Waals surface area contributed by atoms with Gasteiger partial charge in [0, 0.05) is 30.7 Å². The molecule has 1 saturated heterocycles. The maximum Gasteiger partial charge on any atom is 0.254 e. The molecule has 188 valence electrons. The van der Waals surface area contributed by atoms with Gasteiger partial charge in [0.1, 0.15) is 23.8 Å². The van der Waals surface area contributed by atoms with Crippen molar-refractivity contribution in [3.63, 3.8) is 0 Å². The van der Waals surface area contributed by atoms with Crippen molar-refractivity contribution in [2.45, 2.75) is 18.6 Å². The Labute approximate surface area is 215 Å². The third kappa shape index (κ3) is 6.62. The second-order valence-electron chi connectivity index (χ2n) is 8.92. The summed E-state index contributed by atoms with van der Waals surface area (Å²) in [7, 11) is 1.74. The molecule has 0 spiro atoms. The monoisotopic (exact) mass is 510 g/mol. The van der Waals surface area contributed by atoms with Crippen molar-refractivity contribution in [3.05, 3.63) is 101 Å². The van der Waals surface area contributed by atoms with E-state index in [1.54, 1.807) is 41.1 Å². The van der Waals surface area contributed by atoms with Crippen LogP contribution in [0.15, 0.2) is 78.9 Å². The predicted molar refractivity (Wildman–Crippen MR) is 135 cm³/mol. The summed E-state index contributed by atoms with van der Waals surface area (Å²) >= 11 is 5.97. The van der Waals surface area contributed by atoms with Gasteiger partial charge in [-0.3, -0.25) is 9.59 Å². The van der Waals surface area contributed by atoms with E-state index in [0.717, 1.165) is 5.56 Å². The van der Waals surface area contributed by atoms with Crippen LogP contribution in [-0.4, -0.2) is 60.6 Å². The molecule has 0 radical (unpaired) electrons. The molecule has 0 N–H and O–H groups in total. The predicted octanol–water partition coefficient (Wildman–Crippen LogP) is 4.82. The molecule has 1 atom stereocenters. The van der Waals surface area contributed by atoms with Gasteiger partial charge in [-0.2, -0.15) is 0 Å². The molecule has 6 nitrogen and oxygen atoms in total. The Morgan fingerprint density at radius 2 is 1.75 bits per heavy atom. The highest BCUT2D eigenvalue weighted by Gasteiger charge is 2.42. The molecule has 3 aromatic rings. The summed E-state index contributed by atoms with van der Waals surface area (Å²) in [5, 5.41) is 0.544. The van der Waals surface area contributed by atoms with Gasteiger partial charge in [-0.15, -0.1) is 0 Å². The number of amides is 2. The van der Waals surface area contributed by atoms with Crippen LogP contribution in [0.1, 0.15) is 22.3 Å². The Kier molecular flexibility index (Phi) is 8.23. The zero-order valence-corrected chi connectivity index (χ0v) is 20.8. The highest BCUT2D eigenvalue weighted by molar-refractivity contribution is 6.30. The second kappa shape index (κ2) is 11.5. The van der Waals surface area contributed by atoms with Gasteiger partial charge in [-0.05, 0) is 54.1 Å². The maximum atomic E-state index is 13.3. The van der Waals surface area contributed by atoms with E-state index in [0.29, 0.717) is 29.4 Å². The summed E-state index contributed by atoms with van der Waals surface area (Å²) in [6, 6.07) is 22.0. The quantitative estimate of drug-likeness (QED) is 0.436. The van der Waals surface area contributed by atoms with E-state index in [-0.39, 0.29) is 43.8 Å². The molecule has 0 saturated carbocycles. The second-order valence-corrected chi connectivity index (χ2v) is 9.36. The summed E-state index contributed by atoms with van der Waals surface area (Å²) in [6.07, 6.45) is 0.0158. The van der Waals surface area contributed by atoms with Gasteiger partial charge in [0.25, 0.3) is 5.91 Å². The highest BCUT2D eigenvalue weighted by atomic mass is 35.5. The van der Waals surface area contributed by atoms with Crippen LogP contribution < -0.4 is 4.74 Å². The fourth-order valence-corrected chi connectivity index (χ4v) is 4.27. The Morgan fingerprint density at radius 3 is 2.44 bits per heavy atom. The largest absolute Gasteiger partial charge is 0.490 e.